The molecule has 0 saturated heterocycles. The number of nitrogens with zero attached hydrogens (tertiary/aromatic N) is 1. The van der Waals surface area contributed by atoms with Gasteiger partial charge in [-0.2, -0.15) is 4.73 Å². The average molecular weight is 251 g/mol. The molecule has 0 aromatic heterocycles. The Bertz CT molecular complexity index is 703. The van der Waals surface area contributed by atoms with Crippen LogP contribution in [0.3, 0.4) is 0 Å². The van der Waals surface area contributed by atoms with Gasteiger partial charge in [-0.1, -0.05) is 36.4 Å². The van der Waals surface area contributed by atoms with Crippen LogP contribution in [0.15, 0.2) is 71.7 Å². The van der Waals surface area contributed by atoms with E-state index in [4.69, 9.17) is 4.84 Å². The van der Waals surface area contributed by atoms with Crippen molar-refractivity contribution in [1.29, 1.82) is 0 Å². The fourth-order valence-corrected chi connectivity index (χ4v) is 1.99. The lowest BCUT2D eigenvalue weighted by molar-refractivity contribution is 0.0995. The van der Waals surface area contributed by atoms with Crippen LogP contribution >= 0.6 is 0 Å². The highest BCUT2D eigenvalue weighted by atomic mass is 16.7. The van der Waals surface area contributed by atoms with Gasteiger partial charge in [0.05, 0.1) is 5.69 Å². The van der Waals surface area contributed by atoms with Crippen LogP contribution in [0.25, 0.3) is 11.3 Å². The molecule has 0 radical (unpaired) electrons. The first kappa shape index (κ1) is 11.5. The van der Waals surface area contributed by atoms with Crippen LogP contribution in [0.4, 0.5) is 0 Å². The van der Waals surface area contributed by atoms with E-state index >= 15 is 0 Å². The molecule has 94 valence electrons. The Morgan fingerprint density at radius 3 is 2.63 bits per heavy atom. The van der Waals surface area contributed by atoms with Crippen LogP contribution in [0.5, 0.6) is 0 Å². The van der Waals surface area contributed by atoms with Gasteiger partial charge in [0.15, 0.2) is 5.43 Å². The molecular weight excluding hydrogens is 238 g/mol. The van der Waals surface area contributed by atoms with Crippen molar-refractivity contribution in [2.45, 2.75) is 6.61 Å². The number of rotatable bonds is 3. The number of aromatic nitrogens is 1. The first-order valence-corrected chi connectivity index (χ1v) is 6.11. The molecular formula is C16H13NO2. The molecule has 0 amide bonds. The zero-order chi connectivity index (χ0) is 13.1. The second-order valence-corrected chi connectivity index (χ2v) is 4.31. The first-order chi connectivity index (χ1) is 9.33. The Balaban J connectivity index is 1.89. The number of hydrogen-bond donors (Lipinski definition) is 0. The lowest BCUT2D eigenvalue weighted by Gasteiger charge is -2.15. The molecule has 0 saturated carbocycles. The summed E-state index contributed by atoms with van der Waals surface area (Å²) in [5.74, 6) is 0. The molecule has 3 heteroatoms. The molecule has 0 spiro atoms. The molecule has 3 rings (SSSR count). The molecule has 3 nitrogen and oxygen atoms in total. The molecule has 19 heavy (non-hydrogen) atoms. The summed E-state index contributed by atoms with van der Waals surface area (Å²) in [6.45, 7) is 0.466. The summed E-state index contributed by atoms with van der Waals surface area (Å²) in [5, 5.41) is 0. The summed E-state index contributed by atoms with van der Waals surface area (Å²) in [6, 6.07) is 18.7. The monoisotopic (exact) mass is 251 g/mol. The summed E-state index contributed by atoms with van der Waals surface area (Å²) < 4.78 is 1.64. The molecule has 1 heterocycles. The van der Waals surface area contributed by atoms with E-state index in [0.717, 1.165) is 16.8 Å². The minimum Gasteiger partial charge on any atom is -0.409 e. The van der Waals surface area contributed by atoms with Crippen LogP contribution in [0.2, 0.25) is 0 Å². The van der Waals surface area contributed by atoms with Gasteiger partial charge in [0.25, 0.3) is 0 Å². The van der Waals surface area contributed by atoms with E-state index in [-0.39, 0.29) is 5.43 Å². The van der Waals surface area contributed by atoms with E-state index in [2.05, 4.69) is 0 Å². The molecule has 0 bridgehead atoms. The van der Waals surface area contributed by atoms with Gasteiger partial charge < -0.3 is 4.84 Å². The largest absolute Gasteiger partial charge is 0.409 e. The normalized spacial score (nSPS) is 10.5. The van der Waals surface area contributed by atoms with E-state index in [1.165, 1.54) is 0 Å². The smallest absolute Gasteiger partial charge is 0.180 e. The number of benzene rings is 2. The van der Waals surface area contributed by atoms with Crippen molar-refractivity contribution in [2.24, 2.45) is 0 Å². The van der Waals surface area contributed by atoms with Crippen molar-refractivity contribution in [2.75, 3.05) is 0 Å². The molecule has 1 aliphatic heterocycles. The highest BCUT2D eigenvalue weighted by Crippen LogP contribution is 2.18. The van der Waals surface area contributed by atoms with Crippen LogP contribution in [0.1, 0.15) is 5.56 Å². The van der Waals surface area contributed by atoms with Gasteiger partial charge in [-0.25, -0.2) is 0 Å². The van der Waals surface area contributed by atoms with Gasteiger partial charge in [0.1, 0.15) is 6.61 Å². The third kappa shape index (κ3) is 2.50. The zero-order valence-corrected chi connectivity index (χ0v) is 10.3. The lowest BCUT2D eigenvalue weighted by atomic mass is 10.1. The zero-order valence-electron chi connectivity index (χ0n) is 10.3. The van der Waals surface area contributed by atoms with Gasteiger partial charge in [-0.05, 0) is 23.8 Å². The van der Waals surface area contributed by atoms with Crippen LogP contribution < -0.4 is 10.3 Å². The highest BCUT2D eigenvalue weighted by molar-refractivity contribution is 5.60. The number of pyridine rings is 1. The SMILES string of the molecule is O=c1ccc2cccn(OCc3ccccc3)c-2c1. The van der Waals surface area contributed by atoms with Crippen LogP contribution in [0, 0.1) is 0 Å². The molecule has 0 unspecified atom stereocenters. The van der Waals surface area contributed by atoms with Gasteiger partial charge in [0, 0.05) is 17.8 Å². The predicted molar refractivity (Wildman–Crippen MR) is 74.1 cm³/mol. The number of fused-ring (bicyclic) bond motifs is 1. The first-order valence-electron chi connectivity index (χ1n) is 6.11. The Labute approximate surface area is 111 Å². The fourth-order valence-electron chi connectivity index (χ4n) is 1.99. The molecule has 0 N–H and O–H groups in total. The van der Waals surface area contributed by atoms with E-state index in [1.54, 1.807) is 22.9 Å². The Morgan fingerprint density at radius 2 is 1.79 bits per heavy atom. The van der Waals surface area contributed by atoms with Crippen molar-refractivity contribution >= 4 is 0 Å². The average Bonchev–Trinajstić information content (AvgIpc) is 2.46. The van der Waals surface area contributed by atoms with Gasteiger partial charge in [-0.15, -0.1) is 0 Å². The Hall–Kier alpha value is -2.55. The second kappa shape index (κ2) is 4.98. The Morgan fingerprint density at radius 1 is 0.947 bits per heavy atom. The predicted octanol–water partition coefficient (Wildman–Crippen LogP) is 2.58. The lowest BCUT2D eigenvalue weighted by Crippen LogP contribution is -2.15. The van der Waals surface area contributed by atoms with Crippen molar-refractivity contribution in [3.05, 3.63) is 82.6 Å². The molecule has 0 atom stereocenters. The summed E-state index contributed by atoms with van der Waals surface area (Å²) in [4.78, 5) is 17.2. The molecule has 2 aliphatic rings. The van der Waals surface area contributed by atoms with E-state index in [1.807, 2.05) is 48.7 Å². The van der Waals surface area contributed by atoms with Gasteiger partial charge in [0.2, 0.25) is 0 Å². The maximum Gasteiger partial charge on any atom is 0.180 e. The summed E-state index contributed by atoms with van der Waals surface area (Å²) in [6.07, 6.45) is 1.81. The van der Waals surface area contributed by atoms with Crippen molar-refractivity contribution in [1.82, 2.24) is 4.73 Å². The number of hydrogen-bond acceptors (Lipinski definition) is 2. The molecule has 1 aromatic rings. The second-order valence-electron chi connectivity index (χ2n) is 4.31. The minimum atomic E-state index is -0.0178. The highest BCUT2D eigenvalue weighted by Gasteiger charge is 2.06. The maximum absolute atomic E-state index is 11.4. The quantitative estimate of drug-likeness (QED) is 0.716. The van der Waals surface area contributed by atoms with Crippen molar-refractivity contribution in [3.8, 4) is 11.3 Å². The fraction of sp³-hybridized carbons (Fsp3) is 0.0625. The summed E-state index contributed by atoms with van der Waals surface area (Å²) in [5.41, 5.74) is 2.84. The molecule has 1 aromatic carbocycles. The van der Waals surface area contributed by atoms with Crippen LogP contribution in [-0.4, -0.2) is 4.73 Å². The van der Waals surface area contributed by atoms with Crippen molar-refractivity contribution in [3.63, 3.8) is 0 Å². The van der Waals surface area contributed by atoms with Crippen LogP contribution in [-0.2, 0) is 6.61 Å². The third-order valence-corrected chi connectivity index (χ3v) is 2.95. The summed E-state index contributed by atoms with van der Waals surface area (Å²) in [7, 11) is 0. The third-order valence-electron chi connectivity index (χ3n) is 2.95. The van der Waals surface area contributed by atoms with E-state index in [9.17, 15) is 4.79 Å². The Kier molecular flexibility index (Phi) is 3.02. The van der Waals surface area contributed by atoms with Crippen molar-refractivity contribution < 1.29 is 4.84 Å². The summed E-state index contributed by atoms with van der Waals surface area (Å²) >= 11 is 0. The topological polar surface area (TPSA) is 31.2 Å². The molecule has 0 fully saturated rings. The molecule has 1 aliphatic carbocycles. The van der Waals surface area contributed by atoms with Gasteiger partial charge >= 0.3 is 0 Å². The maximum atomic E-state index is 11.4. The van der Waals surface area contributed by atoms with E-state index in [0.29, 0.717) is 6.61 Å². The van der Waals surface area contributed by atoms with E-state index < -0.39 is 0 Å². The van der Waals surface area contributed by atoms with Gasteiger partial charge in [-0.3, -0.25) is 4.79 Å². The minimum absolute atomic E-state index is 0.0178. The standard InChI is InChI=1S/C16H13NO2/c18-15-9-8-14-7-4-10-17(16(14)11-15)19-12-13-5-2-1-3-6-13/h1-11H,12H2.